The Morgan fingerprint density at radius 1 is 0.900 bits per heavy atom. The van der Waals surface area contributed by atoms with Crippen molar-refractivity contribution in [1.82, 2.24) is 24.7 Å². The number of aryl methyl sites for hydroxylation is 5. The highest BCUT2D eigenvalue weighted by Crippen LogP contribution is 2.26. The molecule has 0 saturated carbocycles. The summed E-state index contributed by atoms with van der Waals surface area (Å²) in [5.41, 5.74) is 7.94. The number of aromatic nitrogens is 5. The van der Waals surface area contributed by atoms with Gasteiger partial charge in [0.25, 0.3) is 0 Å². The minimum absolute atomic E-state index is 0.521. The quantitative estimate of drug-likeness (QED) is 0.479. The van der Waals surface area contributed by atoms with Gasteiger partial charge in [0, 0.05) is 6.20 Å². The average Bonchev–Trinajstić information content (AvgIpc) is 3.19. The van der Waals surface area contributed by atoms with Crippen molar-refractivity contribution in [3.63, 3.8) is 0 Å². The van der Waals surface area contributed by atoms with Gasteiger partial charge in [0.1, 0.15) is 11.4 Å². The lowest BCUT2D eigenvalue weighted by atomic mass is 10.0. The lowest BCUT2D eigenvalue weighted by Gasteiger charge is -2.11. The van der Waals surface area contributed by atoms with Crippen molar-refractivity contribution >= 4 is 0 Å². The van der Waals surface area contributed by atoms with Gasteiger partial charge in [0.15, 0.2) is 0 Å². The zero-order valence-electron chi connectivity index (χ0n) is 17.8. The highest BCUT2D eigenvalue weighted by molar-refractivity contribution is 5.59. The molecule has 152 valence electrons. The second-order valence-corrected chi connectivity index (χ2v) is 7.49. The normalized spacial score (nSPS) is 10.9. The van der Waals surface area contributed by atoms with Crippen LogP contribution in [0.5, 0.6) is 5.88 Å². The van der Waals surface area contributed by atoms with Gasteiger partial charge in [-0.1, -0.05) is 29.8 Å². The van der Waals surface area contributed by atoms with E-state index in [4.69, 9.17) is 4.74 Å². The summed E-state index contributed by atoms with van der Waals surface area (Å²) in [6.07, 6.45) is 5.49. The molecule has 4 aromatic rings. The molecule has 1 aromatic carbocycles. The molecule has 0 N–H and O–H groups in total. The van der Waals surface area contributed by atoms with Crippen molar-refractivity contribution in [3.8, 4) is 23.0 Å². The summed E-state index contributed by atoms with van der Waals surface area (Å²) in [4.78, 5) is 8.92. The Balaban J connectivity index is 1.55. The highest BCUT2D eigenvalue weighted by Gasteiger charge is 2.12. The Labute approximate surface area is 176 Å². The number of benzene rings is 1. The number of hydrogen-bond acceptors (Lipinski definition) is 5. The maximum Gasteiger partial charge on any atom is 0.238 e. The Morgan fingerprint density at radius 3 is 2.37 bits per heavy atom. The van der Waals surface area contributed by atoms with Crippen LogP contribution in [0, 0.1) is 20.8 Å². The first-order valence-electron chi connectivity index (χ1n) is 9.98. The fourth-order valence-corrected chi connectivity index (χ4v) is 3.38. The average molecular weight is 399 g/mol. The summed E-state index contributed by atoms with van der Waals surface area (Å²) in [5.74, 6) is 0.521. The predicted molar refractivity (Wildman–Crippen MR) is 117 cm³/mol. The molecule has 6 nitrogen and oxygen atoms in total. The molecule has 0 atom stereocenters. The number of imidazole rings is 1. The molecule has 0 aliphatic rings. The van der Waals surface area contributed by atoms with E-state index < -0.39 is 0 Å². The fraction of sp³-hybridized carbons (Fsp3) is 0.250. The lowest BCUT2D eigenvalue weighted by Crippen LogP contribution is -2.03. The van der Waals surface area contributed by atoms with Crippen LogP contribution in [-0.2, 0) is 12.8 Å². The summed E-state index contributed by atoms with van der Waals surface area (Å²) in [6, 6.07) is 14.6. The number of rotatable bonds is 6. The van der Waals surface area contributed by atoms with E-state index in [1.54, 1.807) is 13.4 Å². The Morgan fingerprint density at radius 2 is 1.70 bits per heavy atom. The molecule has 0 amide bonds. The molecule has 0 bridgehead atoms. The first kappa shape index (κ1) is 19.8. The van der Waals surface area contributed by atoms with Crippen LogP contribution in [0.4, 0.5) is 0 Å². The van der Waals surface area contributed by atoms with Gasteiger partial charge < -0.3 is 9.30 Å². The first-order chi connectivity index (χ1) is 14.5. The van der Waals surface area contributed by atoms with Crippen molar-refractivity contribution in [3.05, 3.63) is 83.1 Å². The maximum absolute atomic E-state index is 5.51. The van der Waals surface area contributed by atoms with E-state index in [-0.39, 0.29) is 0 Å². The number of pyridine rings is 1. The van der Waals surface area contributed by atoms with Crippen molar-refractivity contribution < 1.29 is 4.74 Å². The molecule has 0 aliphatic carbocycles. The summed E-state index contributed by atoms with van der Waals surface area (Å²) >= 11 is 0. The highest BCUT2D eigenvalue weighted by atomic mass is 16.5. The summed E-state index contributed by atoms with van der Waals surface area (Å²) in [5, 5.41) is 8.91. The molecule has 0 unspecified atom stereocenters. The van der Waals surface area contributed by atoms with Gasteiger partial charge >= 0.3 is 0 Å². The zero-order valence-corrected chi connectivity index (χ0v) is 17.8. The zero-order chi connectivity index (χ0) is 21.1. The molecule has 0 fully saturated rings. The molecule has 4 rings (SSSR count). The maximum atomic E-state index is 5.51. The van der Waals surface area contributed by atoms with Crippen LogP contribution in [0.1, 0.15) is 28.1 Å². The predicted octanol–water partition coefficient (Wildman–Crippen LogP) is 4.44. The molecular weight excluding hydrogens is 374 g/mol. The molecule has 3 heterocycles. The standard InChI is InChI=1S/C24H25N5O/c1-16-5-7-19(8-6-16)9-10-20-17(2)13-22(28-27-20)21-11-12-23(24(26-21)30-4)29-14-18(3)25-15-29/h5-8,11-15H,9-10H2,1-4H3. The van der Waals surface area contributed by atoms with E-state index in [2.05, 4.69) is 58.3 Å². The van der Waals surface area contributed by atoms with E-state index in [1.165, 1.54) is 11.1 Å². The topological polar surface area (TPSA) is 65.7 Å². The van der Waals surface area contributed by atoms with Gasteiger partial charge in [0.2, 0.25) is 5.88 Å². The van der Waals surface area contributed by atoms with E-state index in [1.807, 2.05) is 35.9 Å². The molecule has 0 radical (unpaired) electrons. The smallest absolute Gasteiger partial charge is 0.238 e. The monoisotopic (exact) mass is 399 g/mol. The van der Waals surface area contributed by atoms with Crippen molar-refractivity contribution in [1.29, 1.82) is 0 Å². The van der Waals surface area contributed by atoms with Crippen LogP contribution in [0.3, 0.4) is 0 Å². The summed E-state index contributed by atoms with van der Waals surface area (Å²) < 4.78 is 7.41. The molecule has 0 saturated heterocycles. The van der Waals surface area contributed by atoms with Gasteiger partial charge in [-0.05, 0) is 62.9 Å². The third-order valence-corrected chi connectivity index (χ3v) is 5.14. The summed E-state index contributed by atoms with van der Waals surface area (Å²) in [6.45, 7) is 6.12. The SMILES string of the molecule is COc1nc(-c2cc(C)c(CCc3ccc(C)cc3)nn2)ccc1-n1cnc(C)c1. The van der Waals surface area contributed by atoms with Gasteiger partial charge in [0.05, 0.1) is 30.5 Å². The molecule has 3 aromatic heterocycles. The van der Waals surface area contributed by atoms with Gasteiger partial charge in [-0.2, -0.15) is 5.10 Å². The second kappa shape index (κ2) is 8.45. The number of hydrogen-bond donors (Lipinski definition) is 0. The first-order valence-corrected chi connectivity index (χ1v) is 9.98. The molecule has 30 heavy (non-hydrogen) atoms. The number of methoxy groups -OCH3 is 1. The van der Waals surface area contributed by atoms with E-state index in [9.17, 15) is 0 Å². The minimum atomic E-state index is 0.521. The van der Waals surface area contributed by atoms with Crippen molar-refractivity contribution in [2.45, 2.75) is 33.6 Å². The number of nitrogens with zero attached hydrogens (tertiary/aromatic N) is 5. The fourth-order valence-electron chi connectivity index (χ4n) is 3.38. The largest absolute Gasteiger partial charge is 0.479 e. The van der Waals surface area contributed by atoms with E-state index in [0.29, 0.717) is 5.88 Å². The van der Waals surface area contributed by atoms with Gasteiger partial charge in [-0.15, -0.1) is 5.10 Å². The van der Waals surface area contributed by atoms with Crippen LogP contribution >= 0.6 is 0 Å². The Hall–Kier alpha value is -3.54. The third-order valence-electron chi connectivity index (χ3n) is 5.14. The van der Waals surface area contributed by atoms with Crippen molar-refractivity contribution in [2.75, 3.05) is 7.11 Å². The third kappa shape index (κ3) is 4.22. The number of ether oxygens (including phenoxy) is 1. The Kier molecular flexibility index (Phi) is 5.57. The van der Waals surface area contributed by atoms with Crippen LogP contribution in [0.15, 0.2) is 55.0 Å². The van der Waals surface area contributed by atoms with Crippen LogP contribution < -0.4 is 4.74 Å². The Bertz CT molecular complexity index is 1160. The lowest BCUT2D eigenvalue weighted by molar-refractivity contribution is 0.396. The van der Waals surface area contributed by atoms with Crippen LogP contribution in [-0.4, -0.2) is 31.8 Å². The summed E-state index contributed by atoms with van der Waals surface area (Å²) in [7, 11) is 1.62. The van der Waals surface area contributed by atoms with Crippen molar-refractivity contribution in [2.24, 2.45) is 0 Å². The minimum Gasteiger partial charge on any atom is -0.479 e. The van der Waals surface area contributed by atoms with E-state index in [0.717, 1.165) is 46.9 Å². The van der Waals surface area contributed by atoms with E-state index >= 15 is 0 Å². The van der Waals surface area contributed by atoms with Crippen LogP contribution in [0.2, 0.25) is 0 Å². The van der Waals surface area contributed by atoms with Crippen LogP contribution in [0.25, 0.3) is 17.1 Å². The van der Waals surface area contributed by atoms with Gasteiger partial charge in [-0.25, -0.2) is 9.97 Å². The second-order valence-electron chi connectivity index (χ2n) is 7.49. The molecule has 6 heteroatoms. The molecular formula is C24H25N5O. The van der Waals surface area contributed by atoms with Gasteiger partial charge in [-0.3, -0.25) is 0 Å². The molecule has 0 aliphatic heterocycles. The molecule has 0 spiro atoms.